The molecule has 0 bridgehead atoms. The van der Waals surface area contributed by atoms with Crippen LogP contribution in [0.3, 0.4) is 0 Å². The van der Waals surface area contributed by atoms with Gasteiger partial charge >= 0.3 is 0 Å². The number of nitrogens with one attached hydrogen (secondary N) is 1. The van der Waals surface area contributed by atoms with Crippen molar-refractivity contribution in [3.63, 3.8) is 0 Å². The molecule has 1 amide bonds. The Morgan fingerprint density at radius 3 is 2.69 bits per heavy atom. The van der Waals surface area contributed by atoms with E-state index in [1.165, 1.54) is 24.1 Å². The molecule has 0 spiro atoms. The van der Waals surface area contributed by atoms with E-state index in [0.29, 0.717) is 0 Å². The Labute approximate surface area is 202 Å². The second-order valence-electron chi connectivity index (χ2n) is 8.05. The van der Waals surface area contributed by atoms with Gasteiger partial charge in [-0.3, -0.25) is 18.8 Å². The number of hydrogen-bond acceptors (Lipinski definition) is 8. The molecule has 0 aliphatic heterocycles. The molecule has 4 rings (SSSR count). The van der Waals surface area contributed by atoms with Crippen LogP contribution in [-0.2, 0) is 14.1 Å². The summed E-state index contributed by atoms with van der Waals surface area (Å²) in [7, 11) is 2.88. The summed E-state index contributed by atoms with van der Waals surface area (Å²) in [5.41, 5.74) is -1.25. The molecule has 2 atom stereocenters. The fourth-order valence-electron chi connectivity index (χ4n) is 4.06. The predicted octanol–water partition coefficient (Wildman–Crippen LogP) is 2.55. The van der Waals surface area contributed by atoms with E-state index in [0.717, 1.165) is 29.0 Å². The summed E-state index contributed by atoms with van der Waals surface area (Å²) in [6, 6.07) is 4.84. The van der Waals surface area contributed by atoms with E-state index in [1.807, 2.05) is 6.07 Å². The van der Waals surface area contributed by atoms with Crippen molar-refractivity contribution >= 4 is 11.6 Å². The minimum absolute atomic E-state index is 0.0327. The molecule has 0 fully saturated rings. The SMILES string of the molecule is C[C@H](c1nc(C(=O)Nc2cnoc2)c(O)c(=O)n1C)[C@H](c1cc(F)ccc1F)c1cn(C)nc1C#N. The number of amides is 1. The van der Waals surface area contributed by atoms with Gasteiger partial charge in [-0.25, -0.2) is 13.8 Å². The minimum Gasteiger partial charge on any atom is -0.501 e. The molecule has 4 aromatic rings. The lowest BCUT2D eigenvalue weighted by Crippen LogP contribution is -2.29. The number of aryl methyl sites for hydroxylation is 1. The molecule has 3 aromatic heterocycles. The van der Waals surface area contributed by atoms with E-state index >= 15 is 4.39 Å². The normalized spacial score (nSPS) is 12.7. The zero-order valence-corrected chi connectivity index (χ0v) is 19.2. The summed E-state index contributed by atoms with van der Waals surface area (Å²) in [5.74, 6) is -5.28. The van der Waals surface area contributed by atoms with E-state index in [-0.39, 0.29) is 28.3 Å². The van der Waals surface area contributed by atoms with Crippen LogP contribution in [0, 0.1) is 23.0 Å². The van der Waals surface area contributed by atoms with Crippen LogP contribution in [0.2, 0.25) is 0 Å². The first kappa shape index (κ1) is 24.3. The van der Waals surface area contributed by atoms with Crippen molar-refractivity contribution in [2.24, 2.45) is 14.1 Å². The highest BCUT2D eigenvalue weighted by molar-refractivity contribution is 6.04. The Morgan fingerprint density at radius 1 is 1.28 bits per heavy atom. The van der Waals surface area contributed by atoms with Gasteiger partial charge in [-0.05, 0) is 23.8 Å². The van der Waals surface area contributed by atoms with Crippen LogP contribution in [-0.4, -0.2) is 35.5 Å². The second-order valence-corrected chi connectivity index (χ2v) is 8.05. The first-order chi connectivity index (χ1) is 17.1. The topological polar surface area (TPSA) is 152 Å². The number of benzene rings is 1. The smallest absolute Gasteiger partial charge is 0.296 e. The largest absolute Gasteiger partial charge is 0.501 e. The average molecular weight is 495 g/mol. The van der Waals surface area contributed by atoms with Crippen molar-refractivity contribution in [3.8, 4) is 11.8 Å². The first-order valence-electron chi connectivity index (χ1n) is 10.5. The number of hydrogen-bond donors (Lipinski definition) is 2. The summed E-state index contributed by atoms with van der Waals surface area (Å²) in [4.78, 5) is 29.8. The Kier molecular flexibility index (Phi) is 6.35. The van der Waals surface area contributed by atoms with E-state index < -0.39 is 46.4 Å². The van der Waals surface area contributed by atoms with Crippen LogP contribution >= 0.6 is 0 Å². The van der Waals surface area contributed by atoms with Crippen LogP contribution in [0.1, 0.15) is 51.9 Å². The molecule has 0 unspecified atom stereocenters. The number of aromatic hydroxyl groups is 1. The monoisotopic (exact) mass is 495 g/mol. The maximum absolute atomic E-state index is 15.0. The summed E-state index contributed by atoms with van der Waals surface area (Å²) in [5, 5.41) is 29.9. The van der Waals surface area contributed by atoms with Crippen molar-refractivity contribution in [3.05, 3.63) is 87.2 Å². The van der Waals surface area contributed by atoms with Crippen LogP contribution in [0.15, 0.2) is 46.2 Å². The van der Waals surface area contributed by atoms with Gasteiger partial charge in [-0.1, -0.05) is 12.1 Å². The van der Waals surface area contributed by atoms with Gasteiger partial charge in [0, 0.05) is 37.7 Å². The lowest BCUT2D eigenvalue weighted by molar-refractivity contribution is 0.101. The molecule has 0 radical (unpaired) electrons. The zero-order chi connectivity index (χ0) is 26.1. The molecule has 0 aliphatic rings. The van der Waals surface area contributed by atoms with E-state index in [2.05, 4.69) is 25.1 Å². The lowest BCUT2D eigenvalue weighted by atomic mass is 9.80. The van der Waals surface area contributed by atoms with Crippen molar-refractivity contribution < 1.29 is 23.2 Å². The number of halogens is 2. The van der Waals surface area contributed by atoms with Gasteiger partial charge < -0.3 is 14.9 Å². The third kappa shape index (κ3) is 4.31. The Morgan fingerprint density at radius 2 is 2.03 bits per heavy atom. The highest BCUT2D eigenvalue weighted by Crippen LogP contribution is 2.40. The van der Waals surface area contributed by atoms with Gasteiger partial charge in [0.15, 0.2) is 11.4 Å². The van der Waals surface area contributed by atoms with Crippen LogP contribution in [0.25, 0.3) is 0 Å². The zero-order valence-electron chi connectivity index (χ0n) is 19.2. The Balaban J connectivity index is 1.90. The number of anilines is 1. The van der Waals surface area contributed by atoms with E-state index in [1.54, 1.807) is 14.0 Å². The molecule has 2 N–H and O–H groups in total. The first-order valence-corrected chi connectivity index (χ1v) is 10.5. The highest BCUT2D eigenvalue weighted by Gasteiger charge is 2.33. The van der Waals surface area contributed by atoms with E-state index in [9.17, 15) is 24.3 Å². The molecule has 13 heteroatoms. The quantitative estimate of drug-likeness (QED) is 0.414. The number of nitriles is 1. The summed E-state index contributed by atoms with van der Waals surface area (Å²) >= 11 is 0. The van der Waals surface area contributed by atoms with Crippen molar-refractivity contribution in [2.75, 3.05) is 5.32 Å². The number of rotatable bonds is 6. The lowest BCUT2D eigenvalue weighted by Gasteiger charge is -2.26. The number of carbonyl (C=O) groups is 1. The maximum atomic E-state index is 15.0. The molecule has 0 saturated carbocycles. The molecule has 1 aromatic carbocycles. The number of carbonyl (C=O) groups excluding carboxylic acids is 1. The molecule has 11 nitrogen and oxygen atoms in total. The number of nitrogens with zero attached hydrogens (tertiary/aromatic N) is 6. The van der Waals surface area contributed by atoms with Gasteiger partial charge in [0.1, 0.15) is 35.5 Å². The summed E-state index contributed by atoms with van der Waals surface area (Å²) in [6.07, 6.45) is 3.82. The van der Waals surface area contributed by atoms with Gasteiger partial charge in [0.25, 0.3) is 11.5 Å². The van der Waals surface area contributed by atoms with Gasteiger partial charge in [-0.15, -0.1) is 0 Å². The second kappa shape index (κ2) is 9.41. The molecular formula is C23H19F2N7O4. The Hall–Kier alpha value is -4.86. The summed E-state index contributed by atoms with van der Waals surface area (Å²) < 4.78 is 36.2. The highest BCUT2D eigenvalue weighted by atomic mass is 19.1. The fourth-order valence-corrected chi connectivity index (χ4v) is 4.06. The number of aromatic nitrogens is 5. The van der Waals surface area contributed by atoms with Crippen LogP contribution in [0.5, 0.6) is 5.75 Å². The Bertz CT molecular complexity index is 1550. The third-order valence-electron chi connectivity index (χ3n) is 5.71. The van der Waals surface area contributed by atoms with Gasteiger partial charge in [-0.2, -0.15) is 10.4 Å². The van der Waals surface area contributed by atoms with Crippen molar-refractivity contribution in [1.29, 1.82) is 5.26 Å². The minimum atomic E-state index is -1.04. The average Bonchev–Trinajstić information content (AvgIpc) is 3.49. The molecule has 184 valence electrons. The molecule has 0 saturated heterocycles. The van der Waals surface area contributed by atoms with Crippen LogP contribution < -0.4 is 10.9 Å². The predicted molar refractivity (Wildman–Crippen MR) is 120 cm³/mol. The molecule has 0 aliphatic carbocycles. The third-order valence-corrected chi connectivity index (χ3v) is 5.71. The summed E-state index contributed by atoms with van der Waals surface area (Å²) in [6.45, 7) is 1.57. The van der Waals surface area contributed by atoms with E-state index in [4.69, 9.17) is 0 Å². The molecular weight excluding hydrogens is 476 g/mol. The van der Waals surface area contributed by atoms with Gasteiger partial charge in [0.05, 0.1) is 6.20 Å². The van der Waals surface area contributed by atoms with Crippen LogP contribution in [0.4, 0.5) is 14.5 Å². The fraction of sp³-hybridized carbons (Fsp3) is 0.217. The molecule has 36 heavy (non-hydrogen) atoms. The van der Waals surface area contributed by atoms with Crippen molar-refractivity contribution in [2.45, 2.75) is 18.8 Å². The van der Waals surface area contributed by atoms with Crippen molar-refractivity contribution in [1.82, 2.24) is 24.5 Å². The maximum Gasteiger partial charge on any atom is 0.296 e. The van der Waals surface area contributed by atoms with Gasteiger partial charge in [0.2, 0.25) is 5.75 Å². The standard InChI is InChI=1S/C23H19F2N7O4/c1-11(18(14-6-12(24)4-5-16(14)25)15-9-31(2)30-17(15)7-26)21-29-19(20(33)23(35)32(21)3)22(34)28-13-8-27-36-10-13/h4-6,8-11,18,33H,1-3H3,(H,28,34)/t11-,18+/m0/s1. The molecule has 3 heterocycles.